The Morgan fingerprint density at radius 2 is 1.64 bits per heavy atom. The van der Waals surface area contributed by atoms with Gasteiger partial charge in [0.25, 0.3) is 5.91 Å². The number of benzene rings is 2. The Kier molecular flexibility index (Phi) is 4.98. The zero-order chi connectivity index (χ0) is 16.2. The molecule has 0 atom stereocenters. The Morgan fingerprint density at radius 1 is 1.00 bits per heavy atom. The van der Waals surface area contributed by atoms with Crippen molar-refractivity contribution in [2.45, 2.75) is 25.2 Å². The van der Waals surface area contributed by atoms with Crippen molar-refractivity contribution in [2.75, 3.05) is 11.1 Å². The molecule has 2 rings (SSSR count). The van der Waals surface area contributed by atoms with Gasteiger partial charge in [-0.05, 0) is 36.2 Å². The van der Waals surface area contributed by atoms with Crippen LogP contribution in [0.5, 0.6) is 0 Å². The number of sulfone groups is 1. The Bertz CT molecular complexity index is 765. The number of hydrogen-bond donors (Lipinski definition) is 1. The first-order valence-corrected chi connectivity index (χ1v) is 8.85. The van der Waals surface area contributed by atoms with E-state index >= 15 is 0 Å². The summed E-state index contributed by atoms with van der Waals surface area (Å²) in [7, 11) is -3.44. The second-order valence-electron chi connectivity index (χ2n) is 4.90. The quantitative estimate of drug-likeness (QED) is 0.920. The van der Waals surface area contributed by atoms with Gasteiger partial charge in [0, 0.05) is 5.69 Å². The number of hydrogen-bond acceptors (Lipinski definition) is 3. The molecule has 0 aliphatic heterocycles. The van der Waals surface area contributed by atoms with Gasteiger partial charge in [-0.3, -0.25) is 4.79 Å². The van der Waals surface area contributed by atoms with Crippen LogP contribution < -0.4 is 5.32 Å². The maximum Gasteiger partial charge on any atom is 0.256 e. The fourth-order valence-corrected chi connectivity index (χ4v) is 3.20. The van der Waals surface area contributed by atoms with Gasteiger partial charge in [0.15, 0.2) is 9.84 Å². The molecule has 0 aliphatic rings. The minimum absolute atomic E-state index is 0.0392. The van der Waals surface area contributed by atoms with Crippen molar-refractivity contribution in [3.63, 3.8) is 0 Å². The van der Waals surface area contributed by atoms with Gasteiger partial charge in [0.1, 0.15) is 0 Å². The fraction of sp³-hybridized carbons (Fsp3) is 0.235. The molecule has 0 spiro atoms. The molecule has 1 N–H and O–H groups in total. The molecule has 0 unspecified atom stereocenters. The highest BCUT2D eigenvalue weighted by Gasteiger charge is 2.20. The van der Waals surface area contributed by atoms with Gasteiger partial charge in [-0.25, -0.2) is 8.42 Å². The molecule has 0 fully saturated rings. The van der Waals surface area contributed by atoms with E-state index in [0.717, 1.165) is 6.42 Å². The SMILES string of the molecule is CCc1ccc(NC(=O)c2ccccc2S(=O)(=O)CC)cc1. The molecule has 0 bridgehead atoms. The zero-order valence-electron chi connectivity index (χ0n) is 12.7. The first-order chi connectivity index (χ1) is 10.5. The second kappa shape index (κ2) is 6.75. The van der Waals surface area contributed by atoms with Crippen LogP contribution in [0, 0.1) is 0 Å². The summed E-state index contributed by atoms with van der Waals surface area (Å²) in [5.74, 6) is -0.459. The van der Waals surface area contributed by atoms with E-state index in [9.17, 15) is 13.2 Å². The summed E-state index contributed by atoms with van der Waals surface area (Å²) in [4.78, 5) is 12.4. The van der Waals surface area contributed by atoms with E-state index in [2.05, 4.69) is 12.2 Å². The molecule has 2 aromatic carbocycles. The molecule has 0 aliphatic carbocycles. The average Bonchev–Trinajstić information content (AvgIpc) is 2.55. The third-order valence-corrected chi connectivity index (χ3v) is 5.25. The third-order valence-electron chi connectivity index (χ3n) is 3.47. The van der Waals surface area contributed by atoms with Crippen LogP contribution in [0.4, 0.5) is 5.69 Å². The molecule has 1 amide bonds. The summed E-state index contributed by atoms with van der Waals surface area (Å²) in [6.45, 7) is 3.62. The Balaban J connectivity index is 2.30. The van der Waals surface area contributed by atoms with Crippen LogP contribution >= 0.6 is 0 Å². The van der Waals surface area contributed by atoms with E-state index < -0.39 is 15.7 Å². The fourth-order valence-electron chi connectivity index (χ4n) is 2.10. The van der Waals surface area contributed by atoms with Crippen LogP contribution in [0.3, 0.4) is 0 Å². The summed E-state index contributed by atoms with van der Waals surface area (Å²) >= 11 is 0. The van der Waals surface area contributed by atoms with Crippen molar-refractivity contribution in [1.82, 2.24) is 0 Å². The normalized spacial score (nSPS) is 11.2. The van der Waals surface area contributed by atoms with Gasteiger partial charge in [-0.2, -0.15) is 0 Å². The van der Waals surface area contributed by atoms with Gasteiger partial charge in [-0.1, -0.05) is 38.1 Å². The molecular formula is C17H19NO3S. The van der Waals surface area contributed by atoms with Gasteiger partial charge in [-0.15, -0.1) is 0 Å². The molecule has 0 heterocycles. The molecule has 4 nitrogen and oxygen atoms in total. The third kappa shape index (κ3) is 3.54. The number of rotatable bonds is 5. The monoisotopic (exact) mass is 317 g/mol. The Hall–Kier alpha value is -2.14. The number of carbonyl (C=O) groups excluding carboxylic acids is 1. The van der Waals surface area contributed by atoms with E-state index in [1.807, 2.05) is 24.3 Å². The number of amides is 1. The van der Waals surface area contributed by atoms with Gasteiger partial charge in [0.2, 0.25) is 0 Å². The molecule has 2 aromatic rings. The molecule has 5 heteroatoms. The molecule has 22 heavy (non-hydrogen) atoms. The van der Waals surface area contributed by atoms with Gasteiger partial charge >= 0.3 is 0 Å². The maximum absolute atomic E-state index is 12.4. The van der Waals surface area contributed by atoms with Crippen LogP contribution in [0.2, 0.25) is 0 Å². The minimum atomic E-state index is -3.44. The van der Waals surface area contributed by atoms with Crippen molar-refractivity contribution in [1.29, 1.82) is 0 Å². The van der Waals surface area contributed by atoms with Crippen molar-refractivity contribution in [3.8, 4) is 0 Å². The maximum atomic E-state index is 12.4. The number of aryl methyl sites for hydroxylation is 1. The molecule has 116 valence electrons. The Morgan fingerprint density at radius 3 is 2.23 bits per heavy atom. The lowest BCUT2D eigenvalue weighted by Gasteiger charge is -2.10. The van der Waals surface area contributed by atoms with Crippen molar-refractivity contribution >= 4 is 21.4 Å². The topological polar surface area (TPSA) is 63.2 Å². The molecule has 0 saturated heterocycles. The predicted molar refractivity (Wildman–Crippen MR) is 87.9 cm³/mol. The molecular weight excluding hydrogens is 298 g/mol. The number of anilines is 1. The molecule has 0 radical (unpaired) electrons. The van der Waals surface area contributed by atoms with E-state index in [4.69, 9.17) is 0 Å². The first-order valence-electron chi connectivity index (χ1n) is 7.20. The standard InChI is InChI=1S/C17H19NO3S/c1-3-13-9-11-14(12-10-13)18-17(19)15-7-5-6-8-16(15)22(20,21)4-2/h5-12H,3-4H2,1-2H3,(H,18,19). The van der Waals surface area contributed by atoms with E-state index in [0.29, 0.717) is 5.69 Å². The summed E-state index contributed by atoms with van der Waals surface area (Å²) in [5.41, 5.74) is 1.99. The van der Waals surface area contributed by atoms with Crippen molar-refractivity contribution in [2.24, 2.45) is 0 Å². The Labute approximate surface area is 131 Å². The van der Waals surface area contributed by atoms with E-state index in [1.54, 1.807) is 19.1 Å². The lowest BCUT2D eigenvalue weighted by Crippen LogP contribution is -2.17. The van der Waals surface area contributed by atoms with Crippen molar-refractivity contribution < 1.29 is 13.2 Å². The predicted octanol–water partition coefficient (Wildman–Crippen LogP) is 3.29. The summed E-state index contributed by atoms with van der Waals surface area (Å²) in [6.07, 6.45) is 0.922. The summed E-state index contributed by atoms with van der Waals surface area (Å²) < 4.78 is 24.2. The number of carbonyl (C=O) groups is 1. The second-order valence-corrected chi connectivity index (χ2v) is 7.15. The van der Waals surface area contributed by atoms with E-state index in [-0.39, 0.29) is 16.2 Å². The largest absolute Gasteiger partial charge is 0.322 e. The highest BCUT2D eigenvalue weighted by molar-refractivity contribution is 7.91. The van der Waals surface area contributed by atoms with Crippen LogP contribution in [-0.4, -0.2) is 20.1 Å². The van der Waals surface area contributed by atoms with Crippen LogP contribution in [0.15, 0.2) is 53.4 Å². The number of nitrogens with one attached hydrogen (secondary N) is 1. The summed E-state index contributed by atoms with van der Waals surface area (Å²) in [5, 5.41) is 2.74. The van der Waals surface area contributed by atoms with E-state index in [1.165, 1.54) is 17.7 Å². The zero-order valence-corrected chi connectivity index (χ0v) is 13.5. The average molecular weight is 317 g/mol. The van der Waals surface area contributed by atoms with Crippen LogP contribution in [-0.2, 0) is 16.3 Å². The highest BCUT2D eigenvalue weighted by Crippen LogP contribution is 2.19. The minimum Gasteiger partial charge on any atom is -0.322 e. The van der Waals surface area contributed by atoms with Gasteiger partial charge < -0.3 is 5.32 Å². The molecule has 0 saturated carbocycles. The lowest BCUT2D eigenvalue weighted by molar-refractivity contribution is 0.102. The lowest BCUT2D eigenvalue weighted by atomic mass is 10.1. The molecule has 0 aromatic heterocycles. The van der Waals surface area contributed by atoms with Crippen molar-refractivity contribution in [3.05, 3.63) is 59.7 Å². The smallest absolute Gasteiger partial charge is 0.256 e. The summed E-state index contributed by atoms with van der Waals surface area (Å²) in [6, 6.07) is 13.8. The van der Waals surface area contributed by atoms with Gasteiger partial charge in [0.05, 0.1) is 16.2 Å². The van der Waals surface area contributed by atoms with Crippen LogP contribution in [0.1, 0.15) is 29.8 Å². The highest BCUT2D eigenvalue weighted by atomic mass is 32.2. The van der Waals surface area contributed by atoms with Crippen LogP contribution in [0.25, 0.3) is 0 Å². The first kappa shape index (κ1) is 16.2.